The van der Waals surface area contributed by atoms with E-state index in [-0.39, 0.29) is 5.91 Å². The van der Waals surface area contributed by atoms with Crippen molar-refractivity contribution in [2.24, 2.45) is 0 Å². The molecule has 150 valence electrons. The number of aromatic nitrogens is 1. The highest BCUT2D eigenvalue weighted by atomic mass is 16.5. The van der Waals surface area contributed by atoms with Crippen LogP contribution in [-0.4, -0.2) is 23.5 Å². The van der Waals surface area contributed by atoms with Crippen molar-refractivity contribution in [3.63, 3.8) is 0 Å². The number of carbonyl (C=O) groups excluding carboxylic acids is 1. The highest BCUT2D eigenvalue weighted by molar-refractivity contribution is 6.00. The van der Waals surface area contributed by atoms with Crippen LogP contribution in [0.2, 0.25) is 0 Å². The number of allylic oxidation sites excluding steroid dienone is 1. The number of rotatable bonds is 5. The summed E-state index contributed by atoms with van der Waals surface area (Å²) >= 11 is 0. The zero-order valence-electron chi connectivity index (χ0n) is 16.8. The van der Waals surface area contributed by atoms with Gasteiger partial charge in [-0.05, 0) is 60.7 Å². The van der Waals surface area contributed by atoms with Crippen LogP contribution < -0.4 is 15.0 Å². The third kappa shape index (κ3) is 3.43. The number of ether oxygens (including phenoxy) is 1. The number of fused-ring (bicyclic) bond motifs is 2. The summed E-state index contributed by atoms with van der Waals surface area (Å²) in [5, 5.41) is 3.35. The monoisotopic (exact) mass is 397 g/mol. The SMILES string of the molecule is CC1Oc2cc(Nc3ccncc3)ccc2N(CCC2=CCc3ccccc32)C1=O. The standard InChI is InChI=1S/C25H23N3O2/c1-17-25(29)28(15-12-19-7-6-18-4-2-3-5-22(18)19)23-9-8-21(16-24(23)30-17)27-20-10-13-26-14-11-20/h2-5,7-11,13-14,16-17H,6,12,15H2,1H3,(H,26,27). The molecule has 1 N–H and O–H groups in total. The average Bonchev–Trinajstić information content (AvgIpc) is 3.18. The van der Waals surface area contributed by atoms with Crippen molar-refractivity contribution in [1.82, 2.24) is 4.98 Å². The molecular weight excluding hydrogens is 374 g/mol. The summed E-state index contributed by atoms with van der Waals surface area (Å²) in [7, 11) is 0. The lowest BCUT2D eigenvalue weighted by Crippen LogP contribution is -2.44. The summed E-state index contributed by atoms with van der Waals surface area (Å²) in [6, 6.07) is 18.2. The molecule has 1 amide bonds. The Morgan fingerprint density at radius 3 is 2.80 bits per heavy atom. The third-order valence-electron chi connectivity index (χ3n) is 5.67. The Hall–Kier alpha value is -3.60. The van der Waals surface area contributed by atoms with Crippen LogP contribution in [0, 0.1) is 0 Å². The molecule has 0 saturated carbocycles. The Balaban J connectivity index is 1.37. The van der Waals surface area contributed by atoms with Crippen molar-refractivity contribution in [2.75, 3.05) is 16.8 Å². The van der Waals surface area contributed by atoms with E-state index in [2.05, 4.69) is 40.6 Å². The van der Waals surface area contributed by atoms with Gasteiger partial charge in [-0.25, -0.2) is 0 Å². The molecule has 1 unspecified atom stereocenters. The number of anilines is 3. The van der Waals surface area contributed by atoms with Gasteiger partial charge in [-0.2, -0.15) is 0 Å². The summed E-state index contributed by atoms with van der Waals surface area (Å²) in [5.74, 6) is 0.728. The van der Waals surface area contributed by atoms with Gasteiger partial charge in [-0.15, -0.1) is 0 Å². The predicted molar refractivity (Wildman–Crippen MR) is 119 cm³/mol. The number of benzene rings is 2. The Morgan fingerprint density at radius 1 is 1.10 bits per heavy atom. The lowest BCUT2D eigenvalue weighted by molar-refractivity contribution is -0.125. The van der Waals surface area contributed by atoms with E-state index in [0.29, 0.717) is 6.54 Å². The van der Waals surface area contributed by atoms with E-state index in [1.54, 1.807) is 12.4 Å². The molecule has 3 aromatic rings. The van der Waals surface area contributed by atoms with E-state index in [1.165, 1.54) is 16.7 Å². The van der Waals surface area contributed by atoms with Crippen molar-refractivity contribution in [2.45, 2.75) is 25.9 Å². The number of hydrogen-bond donors (Lipinski definition) is 1. The minimum atomic E-state index is -0.501. The van der Waals surface area contributed by atoms with Gasteiger partial charge in [0.15, 0.2) is 6.10 Å². The van der Waals surface area contributed by atoms with Crippen LogP contribution in [-0.2, 0) is 11.2 Å². The fraction of sp³-hybridized carbons (Fsp3) is 0.200. The Labute approximate surface area is 176 Å². The van der Waals surface area contributed by atoms with Gasteiger partial charge in [0.25, 0.3) is 5.91 Å². The fourth-order valence-corrected chi connectivity index (χ4v) is 4.14. The van der Waals surface area contributed by atoms with E-state index in [9.17, 15) is 4.79 Å². The largest absolute Gasteiger partial charge is 0.479 e. The second kappa shape index (κ2) is 7.67. The van der Waals surface area contributed by atoms with Gasteiger partial charge in [0, 0.05) is 36.4 Å². The number of amides is 1. The van der Waals surface area contributed by atoms with Crippen molar-refractivity contribution in [1.29, 1.82) is 0 Å². The Morgan fingerprint density at radius 2 is 1.93 bits per heavy atom. The first kappa shape index (κ1) is 18.4. The minimum absolute atomic E-state index is 0.00391. The highest BCUT2D eigenvalue weighted by Crippen LogP contribution is 2.38. The van der Waals surface area contributed by atoms with E-state index in [1.807, 2.05) is 42.2 Å². The molecule has 5 heteroatoms. The van der Waals surface area contributed by atoms with E-state index in [0.717, 1.165) is 35.7 Å². The first-order chi connectivity index (χ1) is 14.7. The normalized spacial score (nSPS) is 17.1. The molecule has 5 rings (SSSR count). The maximum atomic E-state index is 12.9. The number of nitrogens with zero attached hydrogens (tertiary/aromatic N) is 2. The molecule has 5 nitrogen and oxygen atoms in total. The second-order valence-electron chi connectivity index (χ2n) is 7.63. The summed E-state index contributed by atoms with van der Waals surface area (Å²) in [6.07, 6.45) is 7.07. The maximum Gasteiger partial charge on any atom is 0.267 e. The molecule has 0 bridgehead atoms. The van der Waals surface area contributed by atoms with Gasteiger partial charge in [0.05, 0.1) is 5.69 Å². The van der Waals surface area contributed by atoms with Crippen LogP contribution in [0.5, 0.6) is 5.75 Å². The first-order valence-electron chi connectivity index (χ1n) is 10.3. The summed E-state index contributed by atoms with van der Waals surface area (Å²) in [4.78, 5) is 18.8. The third-order valence-corrected chi connectivity index (χ3v) is 5.67. The van der Waals surface area contributed by atoms with Crippen LogP contribution in [0.15, 0.2) is 73.1 Å². The fourth-order valence-electron chi connectivity index (χ4n) is 4.14. The molecule has 0 fully saturated rings. The van der Waals surface area contributed by atoms with Crippen molar-refractivity contribution >= 4 is 28.5 Å². The topological polar surface area (TPSA) is 54.5 Å². The van der Waals surface area contributed by atoms with Gasteiger partial charge in [-0.1, -0.05) is 30.3 Å². The van der Waals surface area contributed by atoms with E-state index >= 15 is 0 Å². The van der Waals surface area contributed by atoms with Crippen LogP contribution >= 0.6 is 0 Å². The Bertz CT molecular complexity index is 1120. The van der Waals surface area contributed by atoms with E-state index < -0.39 is 6.10 Å². The molecule has 0 saturated heterocycles. The molecule has 0 spiro atoms. The molecule has 2 aromatic carbocycles. The molecule has 2 aliphatic rings. The minimum Gasteiger partial charge on any atom is -0.479 e. The molecule has 2 heterocycles. The summed E-state index contributed by atoms with van der Waals surface area (Å²) in [6.45, 7) is 2.45. The predicted octanol–water partition coefficient (Wildman–Crippen LogP) is 4.97. The number of nitrogens with one attached hydrogen (secondary N) is 1. The maximum absolute atomic E-state index is 12.9. The lowest BCUT2D eigenvalue weighted by atomic mass is 10.0. The first-order valence-corrected chi connectivity index (χ1v) is 10.3. The van der Waals surface area contributed by atoms with Crippen LogP contribution in [0.1, 0.15) is 24.5 Å². The molecule has 1 aliphatic carbocycles. The van der Waals surface area contributed by atoms with Crippen LogP contribution in [0.3, 0.4) is 0 Å². The molecule has 30 heavy (non-hydrogen) atoms. The number of pyridine rings is 1. The average molecular weight is 397 g/mol. The van der Waals surface area contributed by atoms with Gasteiger partial charge in [0.1, 0.15) is 5.75 Å². The van der Waals surface area contributed by atoms with Crippen molar-refractivity contribution < 1.29 is 9.53 Å². The van der Waals surface area contributed by atoms with Gasteiger partial charge >= 0.3 is 0 Å². The molecule has 1 aliphatic heterocycles. The summed E-state index contributed by atoms with van der Waals surface area (Å²) in [5.41, 5.74) is 6.67. The van der Waals surface area contributed by atoms with Gasteiger partial charge < -0.3 is 15.0 Å². The summed E-state index contributed by atoms with van der Waals surface area (Å²) < 4.78 is 5.92. The van der Waals surface area contributed by atoms with Gasteiger partial charge in [0.2, 0.25) is 0 Å². The van der Waals surface area contributed by atoms with Crippen molar-refractivity contribution in [3.8, 4) is 5.75 Å². The lowest BCUT2D eigenvalue weighted by Gasteiger charge is -2.33. The van der Waals surface area contributed by atoms with E-state index in [4.69, 9.17) is 4.74 Å². The Kier molecular flexibility index (Phi) is 4.71. The molecule has 1 atom stereocenters. The molecular formula is C25H23N3O2. The zero-order valence-corrected chi connectivity index (χ0v) is 16.8. The van der Waals surface area contributed by atoms with Crippen LogP contribution in [0.4, 0.5) is 17.1 Å². The molecule has 0 radical (unpaired) electrons. The molecule has 1 aromatic heterocycles. The van der Waals surface area contributed by atoms with Crippen LogP contribution in [0.25, 0.3) is 5.57 Å². The number of hydrogen-bond acceptors (Lipinski definition) is 4. The second-order valence-corrected chi connectivity index (χ2v) is 7.63. The quantitative estimate of drug-likeness (QED) is 0.660. The smallest absolute Gasteiger partial charge is 0.267 e. The zero-order chi connectivity index (χ0) is 20.5. The van der Waals surface area contributed by atoms with Gasteiger partial charge in [-0.3, -0.25) is 9.78 Å². The van der Waals surface area contributed by atoms with Crippen molar-refractivity contribution in [3.05, 3.63) is 84.2 Å². The number of carbonyl (C=O) groups is 1. The highest BCUT2D eigenvalue weighted by Gasteiger charge is 2.31.